The minimum atomic E-state index is -4.00. The highest BCUT2D eigenvalue weighted by molar-refractivity contribution is 7.89. The Labute approximate surface area is 237 Å². The first-order valence-corrected chi connectivity index (χ1v) is 16.4. The molecule has 1 atom stereocenters. The second-order valence-corrected chi connectivity index (χ2v) is 14.0. The number of hydrogen-bond acceptors (Lipinski definition) is 5. The van der Waals surface area contributed by atoms with Crippen LogP contribution in [0.4, 0.5) is 0 Å². The van der Waals surface area contributed by atoms with E-state index in [0.29, 0.717) is 29.8 Å². The van der Waals surface area contributed by atoms with Gasteiger partial charge in [0.15, 0.2) is 0 Å². The van der Waals surface area contributed by atoms with Crippen molar-refractivity contribution in [2.24, 2.45) is 0 Å². The molecule has 40 heavy (non-hydrogen) atoms. The molecule has 1 fully saturated rings. The summed E-state index contributed by atoms with van der Waals surface area (Å²) >= 11 is 0. The summed E-state index contributed by atoms with van der Waals surface area (Å²) in [4.78, 5) is 13.7. The van der Waals surface area contributed by atoms with E-state index in [1.54, 1.807) is 38.1 Å². The van der Waals surface area contributed by atoms with Gasteiger partial charge in [0.1, 0.15) is 6.04 Å². The average Bonchev–Trinajstić information content (AvgIpc) is 2.92. The fraction of sp³-hybridized carbons (Fsp3) is 0.367. The third kappa shape index (κ3) is 7.17. The van der Waals surface area contributed by atoms with Crippen LogP contribution in [0.3, 0.4) is 0 Å². The van der Waals surface area contributed by atoms with Crippen LogP contribution in [0.1, 0.15) is 47.1 Å². The summed E-state index contributed by atoms with van der Waals surface area (Å²) in [5, 5.41) is 2.83. The van der Waals surface area contributed by atoms with E-state index in [-0.39, 0.29) is 22.8 Å². The van der Waals surface area contributed by atoms with Crippen LogP contribution in [0.15, 0.2) is 76.5 Å². The van der Waals surface area contributed by atoms with Crippen LogP contribution in [0.5, 0.6) is 0 Å². The van der Waals surface area contributed by atoms with Gasteiger partial charge in [-0.2, -0.15) is 9.03 Å². The largest absolute Gasteiger partial charge is 0.351 e. The number of carbonyl (C=O) groups is 1. The standard InChI is InChI=1S/C30H37N3O5S2/c1-22-18-23(2)29(24(3)19-22)39(35,36)32-28(20-25-10-6-4-7-11-25)30(34)31-21-26-12-14-27(15-13-26)40(37,38)33-16-8-5-9-17-33/h4,6-7,10-15,18-19,28,32H,5,8-9,16-17,20-21H2,1-3H3,(H,31,34). The molecular formula is C30H37N3O5S2. The van der Waals surface area contributed by atoms with Gasteiger partial charge in [0.05, 0.1) is 9.79 Å². The van der Waals surface area contributed by atoms with E-state index in [1.165, 1.54) is 4.31 Å². The lowest BCUT2D eigenvalue weighted by molar-refractivity contribution is -0.122. The maximum Gasteiger partial charge on any atom is 0.243 e. The predicted octanol–water partition coefficient (Wildman–Crippen LogP) is 3.99. The third-order valence-electron chi connectivity index (χ3n) is 7.11. The van der Waals surface area contributed by atoms with Crippen molar-refractivity contribution in [2.75, 3.05) is 13.1 Å². The summed E-state index contributed by atoms with van der Waals surface area (Å²) in [6.07, 6.45) is 2.93. The number of amides is 1. The molecule has 1 saturated heterocycles. The highest BCUT2D eigenvalue weighted by Gasteiger charge is 2.29. The predicted molar refractivity (Wildman–Crippen MR) is 156 cm³/mol. The van der Waals surface area contributed by atoms with Gasteiger partial charge in [0, 0.05) is 19.6 Å². The highest BCUT2D eigenvalue weighted by atomic mass is 32.2. The van der Waals surface area contributed by atoms with Gasteiger partial charge in [0.2, 0.25) is 26.0 Å². The number of rotatable bonds is 10. The Bertz CT molecular complexity index is 1530. The van der Waals surface area contributed by atoms with Crippen molar-refractivity contribution in [1.29, 1.82) is 0 Å². The van der Waals surface area contributed by atoms with Crippen molar-refractivity contribution in [3.63, 3.8) is 0 Å². The van der Waals surface area contributed by atoms with E-state index in [9.17, 15) is 21.6 Å². The topological polar surface area (TPSA) is 113 Å². The zero-order chi connectivity index (χ0) is 28.9. The van der Waals surface area contributed by atoms with Crippen molar-refractivity contribution in [3.8, 4) is 0 Å². The first-order chi connectivity index (χ1) is 19.0. The van der Waals surface area contributed by atoms with Crippen molar-refractivity contribution < 1.29 is 21.6 Å². The quantitative estimate of drug-likeness (QED) is 0.375. The van der Waals surface area contributed by atoms with Gasteiger partial charge in [0.25, 0.3) is 0 Å². The van der Waals surface area contributed by atoms with Gasteiger partial charge in [-0.1, -0.05) is 66.6 Å². The lowest BCUT2D eigenvalue weighted by Crippen LogP contribution is -2.48. The fourth-order valence-electron chi connectivity index (χ4n) is 5.22. The fourth-order valence-corrected chi connectivity index (χ4v) is 8.39. The number of nitrogens with one attached hydrogen (secondary N) is 2. The second-order valence-electron chi connectivity index (χ2n) is 10.4. The van der Waals surface area contributed by atoms with Crippen molar-refractivity contribution in [3.05, 3.63) is 94.5 Å². The van der Waals surface area contributed by atoms with E-state index in [2.05, 4.69) is 10.0 Å². The smallest absolute Gasteiger partial charge is 0.243 e. The van der Waals surface area contributed by atoms with Gasteiger partial charge >= 0.3 is 0 Å². The van der Waals surface area contributed by atoms with Crippen LogP contribution in [-0.4, -0.2) is 46.2 Å². The molecule has 0 saturated carbocycles. The summed E-state index contributed by atoms with van der Waals surface area (Å²) < 4.78 is 57.0. The van der Waals surface area contributed by atoms with E-state index < -0.39 is 32.0 Å². The second kappa shape index (κ2) is 12.6. The molecule has 214 valence electrons. The number of nitrogens with zero attached hydrogens (tertiary/aromatic N) is 1. The maximum absolute atomic E-state index is 13.5. The van der Waals surface area contributed by atoms with Crippen LogP contribution >= 0.6 is 0 Å². The summed E-state index contributed by atoms with van der Waals surface area (Å²) in [5.41, 5.74) is 3.71. The Hall–Kier alpha value is -3.05. The molecule has 1 amide bonds. The van der Waals surface area contributed by atoms with E-state index in [1.807, 2.05) is 49.4 Å². The summed E-state index contributed by atoms with van der Waals surface area (Å²) in [7, 11) is -7.55. The Morgan fingerprint density at radius 2 is 1.43 bits per heavy atom. The van der Waals surface area contributed by atoms with Crippen LogP contribution in [-0.2, 0) is 37.8 Å². The molecule has 8 nitrogen and oxygen atoms in total. The number of hydrogen-bond donors (Lipinski definition) is 2. The molecule has 0 bridgehead atoms. The molecule has 1 unspecified atom stereocenters. The Morgan fingerprint density at radius 3 is 2.02 bits per heavy atom. The van der Waals surface area contributed by atoms with E-state index in [0.717, 1.165) is 30.4 Å². The van der Waals surface area contributed by atoms with Crippen molar-refractivity contribution in [2.45, 2.75) is 68.8 Å². The molecule has 2 N–H and O–H groups in total. The molecule has 4 rings (SSSR count). The first kappa shape index (κ1) is 29.9. The Kier molecular flexibility index (Phi) is 9.45. The molecule has 0 aliphatic carbocycles. The Balaban J connectivity index is 1.50. The molecule has 0 aromatic heterocycles. The lowest BCUT2D eigenvalue weighted by Gasteiger charge is -2.25. The Morgan fingerprint density at radius 1 is 0.825 bits per heavy atom. The summed E-state index contributed by atoms with van der Waals surface area (Å²) in [6.45, 7) is 6.58. The summed E-state index contributed by atoms with van der Waals surface area (Å²) in [6, 6.07) is 18.3. The SMILES string of the molecule is Cc1cc(C)c(S(=O)(=O)NC(Cc2ccccc2)C(=O)NCc2ccc(S(=O)(=O)N3CCCCC3)cc2)c(C)c1. The zero-order valence-electron chi connectivity index (χ0n) is 23.2. The van der Waals surface area contributed by atoms with Gasteiger partial charge in [-0.15, -0.1) is 0 Å². The van der Waals surface area contributed by atoms with Crippen molar-refractivity contribution in [1.82, 2.24) is 14.3 Å². The maximum atomic E-state index is 13.5. The zero-order valence-corrected chi connectivity index (χ0v) is 24.8. The van der Waals surface area contributed by atoms with Gasteiger partial charge < -0.3 is 5.32 Å². The van der Waals surface area contributed by atoms with Gasteiger partial charge in [-0.3, -0.25) is 4.79 Å². The summed E-state index contributed by atoms with van der Waals surface area (Å²) in [5.74, 6) is -0.472. The van der Waals surface area contributed by atoms with Crippen LogP contribution in [0.25, 0.3) is 0 Å². The molecule has 3 aromatic rings. The number of sulfonamides is 2. The number of carbonyl (C=O) groups excluding carboxylic acids is 1. The number of piperidine rings is 1. The van der Waals surface area contributed by atoms with Crippen LogP contribution in [0.2, 0.25) is 0 Å². The molecule has 1 aliphatic heterocycles. The lowest BCUT2D eigenvalue weighted by atomic mass is 10.1. The highest BCUT2D eigenvalue weighted by Crippen LogP contribution is 2.23. The van der Waals surface area contributed by atoms with Crippen molar-refractivity contribution >= 4 is 26.0 Å². The average molecular weight is 584 g/mol. The molecule has 3 aromatic carbocycles. The van der Waals surface area contributed by atoms with Gasteiger partial charge in [-0.25, -0.2) is 16.8 Å². The molecule has 1 aliphatic rings. The first-order valence-electron chi connectivity index (χ1n) is 13.5. The molecule has 1 heterocycles. The third-order valence-corrected chi connectivity index (χ3v) is 10.8. The monoisotopic (exact) mass is 583 g/mol. The minimum absolute atomic E-state index is 0.123. The minimum Gasteiger partial charge on any atom is -0.351 e. The molecular weight excluding hydrogens is 546 g/mol. The van der Waals surface area contributed by atoms with E-state index in [4.69, 9.17) is 0 Å². The van der Waals surface area contributed by atoms with Crippen LogP contribution in [0, 0.1) is 20.8 Å². The van der Waals surface area contributed by atoms with Crippen LogP contribution < -0.4 is 10.0 Å². The number of benzene rings is 3. The molecule has 0 spiro atoms. The molecule has 0 radical (unpaired) electrons. The van der Waals surface area contributed by atoms with E-state index >= 15 is 0 Å². The van der Waals surface area contributed by atoms with Gasteiger partial charge in [-0.05, 0) is 74.4 Å². The normalized spacial score (nSPS) is 15.5. The number of aryl methyl sites for hydroxylation is 3. The molecule has 10 heteroatoms.